The minimum absolute atomic E-state index is 0.179. The van der Waals surface area contributed by atoms with Gasteiger partial charge in [-0.25, -0.2) is 4.39 Å². The number of amides is 1. The van der Waals surface area contributed by atoms with Crippen LogP contribution < -0.4 is 5.73 Å². The van der Waals surface area contributed by atoms with Crippen molar-refractivity contribution in [2.45, 2.75) is 0 Å². The van der Waals surface area contributed by atoms with Gasteiger partial charge < -0.3 is 15.9 Å². The number of carbonyl (C=O) groups excluding carboxylic acids is 1. The van der Waals surface area contributed by atoms with Crippen LogP contribution in [-0.2, 0) is 0 Å². The summed E-state index contributed by atoms with van der Waals surface area (Å²) in [5.74, 6) is -2.33. The van der Waals surface area contributed by atoms with Crippen molar-refractivity contribution in [2.75, 3.05) is 0 Å². The van der Waals surface area contributed by atoms with Gasteiger partial charge in [-0.1, -0.05) is 12.1 Å². The van der Waals surface area contributed by atoms with Gasteiger partial charge in [0.25, 0.3) is 11.9 Å². The monoisotopic (exact) mass is 247 g/mol. The largest absolute Gasteiger partial charge is 0.481 e. The van der Waals surface area contributed by atoms with Crippen molar-refractivity contribution in [1.82, 2.24) is 0 Å². The predicted octanol–water partition coefficient (Wildman–Crippen LogP) is 2.21. The Morgan fingerprint density at radius 2 is 1.94 bits per heavy atom. The maximum absolute atomic E-state index is 13.5. The van der Waals surface area contributed by atoms with Crippen molar-refractivity contribution in [3.05, 3.63) is 64.9 Å². The molecule has 1 aliphatic rings. The highest BCUT2D eigenvalue weighted by Crippen LogP contribution is 2.26. The van der Waals surface area contributed by atoms with Gasteiger partial charge >= 0.3 is 0 Å². The summed E-state index contributed by atoms with van der Waals surface area (Å²) in [5.41, 5.74) is 6.19. The van der Waals surface area contributed by atoms with Gasteiger partial charge in [-0.3, -0.25) is 4.79 Å². The molecule has 1 aliphatic carbocycles. The summed E-state index contributed by atoms with van der Waals surface area (Å²) in [7, 11) is 0. The molecule has 18 heavy (non-hydrogen) atoms. The van der Waals surface area contributed by atoms with Gasteiger partial charge in [0.2, 0.25) is 0 Å². The van der Waals surface area contributed by atoms with E-state index in [9.17, 15) is 9.18 Å². The summed E-state index contributed by atoms with van der Waals surface area (Å²) >= 11 is 0. The number of rotatable bonds is 2. The number of primary amides is 1. The van der Waals surface area contributed by atoms with E-state index in [1.165, 1.54) is 30.4 Å². The lowest BCUT2D eigenvalue weighted by Crippen LogP contribution is -2.13. The summed E-state index contributed by atoms with van der Waals surface area (Å²) in [6.07, 6.45) is 4.60. The molecule has 0 aromatic heterocycles. The molecule has 0 aliphatic heterocycles. The molecule has 4 N–H and O–H groups in total. The first-order valence-electron chi connectivity index (χ1n) is 5.11. The van der Waals surface area contributed by atoms with Gasteiger partial charge in [0.05, 0.1) is 11.1 Å². The number of benzene rings is 1. The third-order valence-electron chi connectivity index (χ3n) is 2.58. The SMILES string of the molecule is NC(=O)c1ccc(C2=CC(=C(O)O)C=C2)cc1F. The van der Waals surface area contributed by atoms with Gasteiger partial charge in [0.15, 0.2) is 0 Å². The summed E-state index contributed by atoms with van der Waals surface area (Å²) in [5, 5.41) is 17.8. The summed E-state index contributed by atoms with van der Waals surface area (Å²) in [4.78, 5) is 10.9. The fourth-order valence-electron chi connectivity index (χ4n) is 1.66. The molecule has 1 aromatic carbocycles. The molecule has 5 heteroatoms. The Balaban J connectivity index is 2.41. The van der Waals surface area contributed by atoms with Crippen LogP contribution in [0.2, 0.25) is 0 Å². The lowest BCUT2D eigenvalue weighted by Gasteiger charge is -2.03. The maximum atomic E-state index is 13.5. The van der Waals surface area contributed by atoms with Crippen LogP contribution in [0.5, 0.6) is 0 Å². The van der Waals surface area contributed by atoms with E-state index in [2.05, 4.69) is 0 Å². The maximum Gasteiger partial charge on any atom is 0.281 e. The molecule has 0 spiro atoms. The highest BCUT2D eigenvalue weighted by atomic mass is 19.1. The molecule has 1 aromatic rings. The Hall–Kier alpha value is -2.56. The number of hydrogen-bond acceptors (Lipinski definition) is 3. The molecule has 0 bridgehead atoms. The summed E-state index contributed by atoms with van der Waals surface area (Å²) in [6.45, 7) is 0. The standard InChI is InChI=1S/C13H10FNO3/c14-11-6-8(3-4-10(11)12(15)16)7-1-2-9(5-7)13(17)18/h1-6,17-18H,(H2,15,16). The van der Waals surface area contributed by atoms with Gasteiger partial charge in [-0.2, -0.15) is 0 Å². The lowest BCUT2D eigenvalue weighted by atomic mass is 10.0. The minimum Gasteiger partial charge on any atom is -0.481 e. The Morgan fingerprint density at radius 1 is 1.22 bits per heavy atom. The second kappa shape index (κ2) is 4.37. The fourth-order valence-corrected chi connectivity index (χ4v) is 1.66. The number of halogens is 1. The van der Waals surface area contributed by atoms with Crippen LogP contribution in [-0.4, -0.2) is 16.1 Å². The molecule has 0 saturated carbocycles. The molecule has 0 atom stereocenters. The Bertz CT molecular complexity index is 611. The van der Waals surface area contributed by atoms with E-state index in [-0.39, 0.29) is 11.1 Å². The number of nitrogens with two attached hydrogens (primary N) is 1. The number of aliphatic hydroxyl groups is 2. The Kier molecular flexibility index (Phi) is 2.89. The van der Waals surface area contributed by atoms with Gasteiger partial charge in [0, 0.05) is 0 Å². The molecule has 0 fully saturated rings. The summed E-state index contributed by atoms with van der Waals surface area (Å²) in [6, 6.07) is 4.01. The fraction of sp³-hybridized carbons (Fsp3) is 0. The zero-order valence-electron chi connectivity index (χ0n) is 9.22. The smallest absolute Gasteiger partial charge is 0.281 e. The van der Waals surface area contributed by atoms with Crippen molar-refractivity contribution in [3.8, 4) is 0 Å². The average Bonchev–Trinajstić information content (AvgIpc) is 2.77. The van der Waals surface area contributed by atoms with Crippen LogP contribution in [0.1, 0.15) is 15.9 Å². The van der Waals surface area contributed by atoms with E-state index in [4.69, 9.17) is 15.9 Å². The van der Waals surface area contributed by atoms with Gasteiger partial charge in [-0.15, -0.1) is 0 Å². The molecule has 0 unspecified atom stereocenters. The number of carbonyl (C=O) groups is 1. The normalized spacial score (nSPS) is 13.6. The van der Waals surface area contributed by atoms with Crippen molar-refractivity contribution >= 4 is 11.5 Å². The molecule has 0 saturated heterocycles. The topological polar surface area (TPSA) is 83.6 Å². The van der Waals surface area contributed by atoms with Crippen LogP contribution in [0.4, 0.5) is 4.39 Å². The van der Waals surface area contributed by atoms with Gasteiger partial charge in [-0.05, 0) is 35.4 Å². The zero-order chi connectivity index (χ0) is 13.3. The number of hydrogen-bond donors (Lipinski definition) is 3. The third-order valence-corrected chi connectivity index (χ3v) is 2.58. The van der Waals surface area contributed by atoms with Crippen molar-refractivity contribution in [3.63, 3.8) is 0 Å². The van der Waals surface area contributed by atoms with E-state index >= 15 is 0 Å². The molecule has 1 amide bonds. The first-order chi connectivity index (χ1) is 8.49. The van der Waals surface area contributed by atoms with Gasteiger partial charge in [0.1, 0.15) is 5.82 Å². The zero-order valence-corrected chi connectivity index (χ0v) is 9.22. The first kappa shape index (κ1) is 11.9. The number of allylic oxidation sites excluding steroid dienone is 5. The van der Waals surface area contributed by atoms with Crippen LogP contribution in [0, 0.1) is 5.82 Å². The average molecular weight is 247 g/mol. The van der Waals surface area contributed by atoms with Crippen LogP contribution in [0.3, 0.4) is 0 Å². The summed E-state index contributed by atoms with van der Waals surface area (Å²) < 4.78 is 13.5. The molecule has 2 rings (SSSR count). The van der Waals surface area contributed by atoms with Crippen LogP contribution >= 0.6 is 0 Å². The van der Waals surface area contributed by atoms with Crippen molar-refractivity contribution < 1.29 is 19.4 Å². The third kappa shape index (κ3) is 2.10. The lowest BCUT2D eigenvalue weighted by molar-refractivity contribution is 0.0996. The quantitative estimate of drug-likeness (QED) is 0.700. The highest BCUT2D eigenvalue weighted by Gasteiger charge is 2.13. The molecule has 4 nitrogen and oxygen atoms in total. The van der Waals surface area contributed by atoms with Crippen molar-refractivity contribution in [1.29, 1.82) is 0 Å². The first-order valence-corrected chi connectivity index (χ1v) is 5.11. The predicted molar refractivity (Wildman–Crippen MR) is 64.3 cm³/mol. The highest BCUT2D eigenvalue weighted by molar-refractivity contribution is 5.93. The van der Waals surface area contributed by atoms with E-state index in [1.54, 1.807) is 6.08 Å². The van der Waals surface area contributed by atoms with Crippen LogP contribution in [0.15, 0.2) is 47.9 Å². The second-order valence-corrected chi connectivity index (χ2v) is 3.77. The van der Waals surface area contributed by atoms with E-state index in [0.717, 1.165) is 0 Å². The van der Waals surface area contributed by atoms with E-state index < -0.39 is 17.7 Å². The second-order valence-electron chi connectivity index (χ2n) is 3.77. The molecular formula is C13H10FNO3. The number of aliphatic hydroxyl groups excluding tert-OH is 1. The Labute approximate surface area is 102 Å². The molecule has 92 valence electrons. The molecule has 0 radical (unpaired) electrons. The Morgan fingerprint density at radius 3 is 2.44 bits per heavy atom. The van der Waals surface area contributed by atoms with Crippen molar-refractivity contribution in [2.24, 2.45) is 5.73 Å². The molecule has 0 heterocycles. The van der Waals surface area contributed by atoms with E-state index in [1.807, 2.05) is 0 Å². The molecular weight excluding hydrogens is 237 g/mol. The van der Waals surface area contributed by atoms with Crippen LogP contribution in [0.25, 0.3) is 5.57 Å². The van der Waals surface area contributed by atoms with E-state index in [0.29, 0.717) is 11.1 Å². The minimum atomic E-state index is -0.830.